The number of nitrogen functional groups attached to an aromatic ring is 1. The zero-order valence-corrected chi connectivity index (χ0v) is 12.3. The number of rotatable bonds is 9. The first-order valence-electron chi connectivity index (χ1n) is 6.92. The smallest absolute Gasteiger partial charge is 0.252 e. The second-order valence-corrected chi connectivity index (χ2v) is 4.56. The molecule has 112 valence electrons. The van der Waals surface area contributed by atoms with Gasteiger partial charge >= 0.3 is 0 Å². The second kappa shape index (κ2) is 9.34. The van der Waals surface area contributed by atoms with Gasteiger partial charge in [-0.25, -0.2) is 0 Å². The zero-order chi connectivity index (χ0) is 14.8. The van der Waals surface area contributed by atoms with E-state index in [9.17, 15) is 4.79 Å². The predicted octanol–water partition coefficient (Wildman–Crippen LogP) is 2.06. The molecule has 1 aromatic carbocycles. The SMILES string of the molecule is CCCCOCCOCC(=O)N(C)c1ccc(N)cc1. The van der Waals surface area contributed by atoms with Gasteiger partial charge in [-0.2, -0.15) is 0 Å². The quantitative estimate of drug-likeness (QED) is 0.555. The molecule has 0 bridgehead atoms. The van der Waals surface area contributed by atoms with E-state index >= 15 is 0 Å². The van der Waals surface area contributed by atoms with Gasteiger partial charge in [0.2, 0.25) is 0 Å². The van der Waals surface area contributed by atoms with Crippen molar-refractivity contribution in [2.75, 3.05) is 44.1 Å². The highest BCUT2D eigenvalue weighted by atomic mass is 16.5. The summed E-state index contributed by atoms with van der Waals surface area (Å²) in [4.78, 5) is 13.4. The van der Waals surface area contributed by atoms with Crippen molar-refractivity contribution in [2.45, 2.75) is 19.8 Å². The fourth-order valence-electron chi connectivity index (χ4n) is 1.56. The third-order valence-corrected chi connectivity index (χ3v) is 2.89. The molecule has 1 rings (SSSR count). The van der Waals surface area contributed by atoms with Gasteiger partial charge < -0.3 is 20.1 Å². The van der Waals surface area contributed by atoms with Crippen molar-refractivity contribution in [1.82, 2.24) is 0 Å². The minimum Gasteiger partial charge on any atom is -0.399 e. The van der Waals surface area contributed by atoms with Gasteiger partial charge in [0, 0.05) is 25.0 Å². The lowest BCUT2D eigenvalue weighted by Crippen LogP contribution is -2.30. The molecule has 0 spiro atoms. The van der Waals surface area contributed by atoms with Crippen molar-refractivity contribution < 1.29 is 14.3 Å². The van der Waals surface area contributed by atoms with Crippen molar-refractivity contribution in [3.05, 3.63) is 24.3 Å². The molecule has 0 fully saturated rings. The number of likely N-dealkylation sites (N-methyl/N-ethyl adjacent to an activating group) is 1. The summed E-state index contributed by atoms with van der Waals surface area (Å²) in [6, 6.07) is 7.14. The summed E-state index contributed by atoms with van der Waals surface area (Å²) in [6.45, 7) is 3.88. The minimum atomic E-state index is -0.0941. The maximum Gasteiger partial charge on any atom is 0.252 e. The van der Waals surface area contributed by atoms with Crippen LogP contribution in [0.25, 0.3) is 0 Å². The number of benzene rings is 1. The molecular formula is C15H24N2O3. The molecule has 0 aliphatic heterocycles. The van der Waals surface area contributed by atoms with Crippen LogP contribution in [0.2, 0.25) is 0 Å². The first-order chi connectivity index (χ1) is 9.65. The maximum atomic E-state index is 11.9. The molecular weight excluding hydrogens is 256 g/mol. The molecule has 2 N–H and O–H groups in total. The molecule has 0 unspecified atom stereocenters. The number of nitrogens with two attached hydrogens (primary N) is 1. The van der Waals surface area contributed by atoms with E-state index in [1.807, 2.05) is 0 Å². The highest BCUT2D eigenvalue weighted by molar-refractivity contribution is 5.93. The summed E-state index contributed by atoms with van der Waals surface area (Å²) < 4.78 is 10.7. The normalized spacial score (nSPS) is 10.5. The number of nitrogens with zero attached hydrogens (tertiary/aromatic N) is 1. The van der Waals surface area contributed by atoms with Gasteiger partial charge in [0.25, 0.3) is 5.91 Å². The Labute approximate surface area is 120 Å². The summed E-state index contributed by atoms with van der Waals surface area (Å²) in [5.41, 5.74) is 7.08. The molecule has 0 radical (unpaired) electrons. The van der Waals surface area contributed by atoms with E-state index in [0.717, 1.165) is 25.1 Å². The first kappa shape index (κ1) is 16.5. The van der Waals surface area contributed by atoms with Crippen LogP contribution in [-0.2, 0) is 14.3 Å². The Balaban J connectivity index is 2.20. The number of amides is 1. The topological polar surface area (TPSA) is 64.8 Å². The number of hydrogen-bond donors (Lipinski definition) is 1. The molecule has 20 heavy (non-hydrogen) atoms. The summed E-state index contributed by atoms with van der Waals surface area (Å²) >= 11 is 0. The standard InChI is InChI=1S/C15H24N2O3/c1-3-4-9-19-10-11-20-12-15(18)17(2)14-7-5-13(16)6-8-14/h5-8H,3-4,9-12,16H2,1-2H3. The Hall–Kier alpha value is -1.59. The highest BCUT2D eigenvalue weighted by Crippen LogP contribution is 2.14. The molecule has 0 aliphatic carbocycles. The Morgan fingerprint density at radius 1 is 1.15 bits per heavy atom. The summed E-state index contributed by atoms with van der Waals surface area (Å²) in [5.74, 6) is -0.0941. The average Bonchev–Trinajstić information content (AvgIpc) is 2.46. The summed E-state index contributed by atoms with van der Waals surface area (Å²) in [6.07, 6.45) is 2.17. The van der Waals surface area contributed by atoms with Crippen LogP contribution in [0.5, 0.6) is 0 Å². The molecule has 1 amide bonds. The molecule has 1 aromatic rings. The number of hydrogen-bond acceptors (Lipinski definition) is 4. The van der Waals surface area contributed by atoms with Gasteiger partial charge in [-0.15, -0.1) is 0 Å². The number of carbonyl (C=O) groups excluding carboxylic acids is 1. The van der Waals surface area contributed by atoms with E-state index in [1.165, 1.54) is 0 Å². The van der Waals surface area contributed by atoms with Crippen LogP contribution in [0.4, 0.5) is 11.4 Å². The third kappa shape index (κ3) is 6.04. The third-order valence-electron chi connectivity index (χ3n) is 2.89. The van der Waals surface area contributed by atoms with E-state index in [-0.39, 0.29) is 12.5 Å². The number of unbranched alkanes of at least 4 members (excludes halogenated alkanes) is 1. The fourth-order valence-corrected chi connectivity index (χ4v) is 1.56. The molecule has 0 aromatic heterocycles. The second-order valence-electron chi connectivity index (χ2n) is 4.56. The van der Waals surface area contributed by atoms with E-state index in [2.05, 4.69) is 6.92 Å². The summed E-state index contributed by atoms with van der Waals surface area (Å²) in [5, 5.41) is 0. The van der Waals surface area contributed by atoms with Gasteiger partial charge in [0.05, 0.1) is 13.2 Å². The number of carbonyl (C=O) groups is 1. The van der Waals surface area contributed by atoms with E-state index in [0.29, 0.717) is 18.9 Å². The Morgan fingerprint density at radius 3 is 2.45 bits per heavy atom. The van der Waals surface area contributed by atoms with E-state index in [4.69, 9.17) is 15.2 Å². The van der Waals surface area contributed by atoms with Crippen molar-refractivity contribution in [3.8, 4) is 0 Å². The maximum absolute atomic E-state index is 11.9. The number of anilines is 2. The van der Waals surface area contributed by atoms with Gasteiger partial charge in [0.15, 0.2) is 0 Å². The molecule has 0 atom stereocenters. The Morgan fingerprint density at radius 2 is 1.80 bits per heavy atom. The van der Waals surface area contributed by atoms with Gasteiger partial charge in [-0.1, -0.05) is 13.3 Å². The van der Waals surface area contributed by atoms with Gasteiger partial charge in [-0.3, -0.25) is 4.79 Å². The summed E-state index contributed by atoms with van der Waals surface area (Å²) in [7, 11) is 1.72. The molecule has 0 saturated heterocycles. The number of ether oxygens (including phenoxy) is 2. The molecule has 0 heterocycles. The molecule has 0 saturated carbocycles. The lowest BCUT2D eigenvalue weighted by atomic mass is 10.2. The van der Waals surface area contributed by atoms with E-state index in [1.54, 1.807) is 36.2 Å². The minimum absolute atomic E-state index is 0.0536. The van der Waals surface area contributed by atoms with Crippen molar-refractivity contribution >= 4 is 17.3 Å². The van der Waals surface area contributed by atoms with Crippen molar-refractivity contribution in [3.63, 3.8) is 0 Å². The van der Waals surface area contributed by atoms with Crippen LogP contribution in [0.3, 0.4) is 0 Å². The van der Waals surface area contributed by atoms with Crippen LogP contribution in [0.15, 0.2) is 24.3 Å². The lowest BCUT2D eigenvalue weighted by molar-refractivity contribution is -0.123. The van der Waals surface area contributed by atoms with Crippen LogP contribution >= 0.6 is 0 Å². The molecule has 5 nitrogen and oxygen atoms in total. The van der Waals surface area contributed by atoms with E-state index < -0.39 is 0 Å². The van der Waals surface area contributed by atoms with Crippen LogP contribution in [0, 0.1) is 0 Å². The predicted molar refractivity (Wildman–Crippen MR) is 80.8 cm³/mol. The largest absolute Gasteiger partial charge is 0.399 e. The van der Waals surface area contributed by atoms with Crippen LogP contribution < -0.4 is 10.6 Å². The van der Waals surface area contributed by atoms with Gasteiger partial charge in [0.1, 0.15) is 6.61 Å². The monoisotopic (exact) mass is 280 g/mol. The highest BCUT2D eigenvalue weighted by Gasteiger charge is 2.10. The Kier molecular flexibility index (Phi) is 7.69. The van der Waals surface area contributed by atoms with Crippen molar-refractivity contribution in [2.24, 2.45) is 0 Å². The molecule has 0 aliphatic rings. The van der Waals surface area contributed by atoms with Crippen LogP contribution in [-0.4, -0.2) is 39.4 Å². The Bertz CT molecular complexity index is 393. The average molecular weight is 280 g/mol. The lowest BCUT2D eigenvalue weighted by Gasteiger charge is -2.17. The first-order valence-corrected chi connectivity index (χ1v) is 6.92. The fraction of sp³-hybridized carbons (Fsp3) is 0.533. The zero-order valence-electron chi connectivity index (χ0n) is 12.3. The van der Waals surface area contributed by atoms with Crippen molar-refractivity contribution in [1.29, 1.82) is 0 Å². The molecule has 5 heteroatoms. The van der Waals surface area contributed by atoms with Gasteiger partial charge in [-0.05, 0) is 30.7 Å². The van der Waals surface area contributed by atoms with Crippen LogP contribution in [0.1, 0.15) is 19.8 Å².